The molecule has 0 aromatic carbocycles. The summed E-state index contributed by atoms with van der Waals surface area (Å²) in [7, 11) is 0. The van der Waals surface area contributed by atoms with E-state index < -0.39 is 0 Å². The monoisotopic (exact) mass is 207 g/mol. The van der Waals surface area contributed by atoms with E-state index in [9.17, 15) is 4.39 Å². The van der Waals surface area contributed by atoms with Gasteiger partial charge in [-0.2, -0.15) is 0 Å². The van der Waals surface area contributed by atoms with Crippen LogP contribution in [0.2, 0.25) is 0 Å². The second-order valence-electron chi connectivity index (χ2n) is 3.50. The van der Waals surface area contributed by atoms with Gasteiger partial charge in [-0.15, -0.1) is 0 Å². The van der Waals surface area contributed by atoms with Crippen molar-refractivity contribution >= 4 is 5.52 Å². The minimum absolute atomic E-state index is 0.257. The minimum Gasteiger partial charge on any atom is -0.325 e. The molecule has 2 heterocycles. The van der Waals surface area contributed by atoms with Gasteiger partial charge in [-0.05, 0) is 18.6 Å². The molecule has 80 valence electrons. The third-order valence-corrected chi connectivity index (χ3v) is 2.43. The first-order valence-electron chi connectivity index (χ1n) is 5.12. The first-order valence-corrected chi connectivity index (χ1v) is 5.12. The van der Waals surface area contributed by atoms with Gasteiger partial charge in [0.05, 0.1) is 5.69 Å². The van der Waals surface area contributed by atoms with Crippen molar-refractivity contribution in [2.24, 2.45) is 5.73 Å². The largest absolute Gasteiger partial charge is 0.325 e. The van der Waals surface area contributed by atoms with Crippen LogP contribution in [0.15, 0.2) is 18.3 Å². The summed E-state index contributed by atoms with van der Waals surface area (Å²) in [5.74, 6) is 0.625. The van der Waals surface area contributed by atoms with Gasteiger partial charge in [0, 0.05) is 19.2 Å². The van der Waals surface area contributed by atoms with Gasteiger partial charge in [0.1, 0.15) is 17.2 Å². The SMILES string of the molecule is CCCc1nc(CN)c2c(F)cccn12. The van der Waals surface area contributed by atoms with E-state index in [1.807, 2.05) is 6.20 Å². The summed E-state index contributed by atoms with van der Waals surface area (Å²) in [6.07, 6.45) is 3.65. The molecule has 0 radical (unpaired) electrons. The summed E-state index contributed by atoms with van der Waals surface area (Å²) in [5.41, 5.74) is 6.70. The van der Waals surface area contributed by atoms with Crippen molar-refractivity contribution in [2.45, 2.75) is 26.3 Å². The highest BCUT2D eigenvalue weighted by atomic mass is 19.1. The summed E-state index contributed by atoms with van der Waals surface area (Å²) in [5, 5.41) is 0. The second kappa shape index (κ2) is 3.98. The molecule has 3 nitrogen and oxygen atoms in total. The maximum absolute atomic E-state index is 13.6. The van der Waals surface area contributed by atoms with E-state index in [2.05, 4.69) is 11.9 Å². The molecule has 0 amide bonds. The molecule has 2 N–H and O–H groups in total. The van der Waals surface area contributed by atoms with E-state index >= 15 is 0 Å². The molecular weight excluding hydrogens is 193 g/mol. The molecule has 2 aromatic rings. The van der Waals surface area contributed by atoms with Gasteiger partial charge in [0.15, 0.2) is 0 Å². The number of nitrogens with two attached hydrogens (primary N) is 1. The Morgan fingerprint density at radius 2 is 2.33 bits per heavy atom. The molecule has 0 aliphatic rings. The third kappa shape index (κ3) is 1.61. The second-order valence-corrected chi connectivity index (χ2v) is 3.50. The Bertz CT molecular complexity index is 476. The average Bonchev–Trinajstić information content (AvgIpc) is 2.59. The number of aryl methyl sites for hydroxylation is 1. The van der Waals surface area contributed by atoms with Crippen molar-refractivity contribution in [3.8, 4) is 0 Å². The summed E-state index contributed by atoms with van der Waals surface area (Å²) < 4.78 is 15.4. The third-order valence-electron chi connectivity index (χ3n) is 2.43. The summed E-state index contributed by atoms with van der Waals surface area (Å²) in [6.45, 7) is 2.34. The molecule has 0 bridgehead atoms. The highest BCUT2D eigenvalue weighted by Crippen LogP contribution is 2.17. The number of halogens is 1. The highest BCUT2D eigenvalue weighted by Gasteiger charge is 2.12. The lowest BCUT2D eigenvalue weighted by atomic mass is 10.3. The number of fused-ring (bicyclic) bond motifs is 1. The zero-order valence-corrected chi connectivity index (χ0v) is 8.70. The molecule has 2 aromatic heterocycles. The molecule has 4 heteroatoms. The van der Waals surface area contributed by atoms with Crippen molar-refractivity contribution in [2.75, 3.05) is 0 Å². The quantitative estimate of drug-likeness (QED) is 0.835. The van der Waals surface area contributed by atoms with Crippen molar-refractivity contribution in [3.63, 3.8) is 0 Å². The topological polar surface area (TPSA) is 43.3 Å². The van der Waals surface area contributed by atoms with Crippen molar-refractivity contribution in [3.05, 3.63) is 35.7 Å². The molecule has 0 aliphatic carbocycles. The molecule has 0 spiro atoms. The standard InChI is InChI=1S/C11H14FN3/c1-2-4-10-14-9(7-13)11-8(12)5-3-6-15(10)11/h3,5-6H,2,4,7,13H2,1H3. The number of aromatic nitrogens is 2. The molecule has 2 rings (SSSR count). The zero-order chi connectivity index (χ0) is 10.8. The lowest BCUT2D eigenvalue weighted by Gasteiger charge is -1.99. The number of hydrogen-bond acceptors (Lipinski definition) is 2. The van der Waals surface area contributed by atoms with Gasteiger partial charge in [-0.1, -0.05) is 6.92 Å². The molecular formula is C11H14FN3. The van der Waals surface area contributed by atoms with E-state index in [-0.39, 0.29) is 12.4 Å². The molecule has 15 heavy (non-hydrogen) atoms. The Hall–Kier alpha value is -1.42. The molecule has 0 unspecified atom stereocenters. The van der Waals surface area contributed by atoms with Crippen LogP contribution in [0.4, 0.5) is 4.39 Å². The fourth-order valence-corrected chi connectivity index (χ4v) is 1.78. The number of hydrogen-bond donors (Lipinski definition) is 1. The van der Waals surface area contributed by atoms with Gasteiger partial charge in [0.25, 0.3) is 0 Å². The normalized spacial score (nSPS) is 11.1. The number of rotatable bonds is 3. The predicted octanol–water partition coefficient (Wildman–Crippen LogP) is 1.88. The Morgan fingerprint density at radius 1 is 1.53 bits per heavy atom. The average molecular weight is 207 g/mol. The van der Waals surface area contributed by atoms with Crippen molar-refractivity contribution in [1.82, 2.24) is 9.38 Å². The predicted molar refractivity (Wildman–Crippen MR) is 57.0 cm³/mol. The lowest BCUT2D eigenvalue weighted by Crippen LogP contribution is -1.98. The van der Waals surface area contributed by atoms with Crippen LogP contribution in [-0.2, 0) is 13.0 Å². The maximum Gasteiger partial charge on any atom is 0.149 e. The van der Waals surface area contributed by atoms with Crippen LogP contribution in [-0.4, -0.2) is 9.38 Å². The molecule has 0 saturated heterocycles. The molecule has 0 atom stereocenters. The fourth-order valence-electron chi connectivity index (χ4n) is 1.78. The number of nitrogens with zero attached hydrogens (tertiary/aromatic N) is 2. The number of imidazole rings is 1. The van der Waals surface area contributed by atoms with Crippen LogP contribution in [0, 0.1) is 5.82 Å². The van der Waals surface area contributed by atoms with Gasteiger partial charge in [-0.3, -0.25) is 0 Å². The first-order chi connectivity index (χ1) is 7.27. The Balaban J connectivity index is 2.69. The Morgan fingerprint density at radius 3 is 3.00 bits per heavy atom. The van der Waals surface area contributed by atoms with E-state index in [4.69, 9.17) is 5.73 Å². The molecule has 0 saturated carbocycles. The van der Waals surface area contributed by atoms with Gasteiger partial charge < -0.3 is 10.1 Å². The van der Waals surface area contributed by atoms with Crippen molar-refractivity contribution in [1.29, 1.82) is 0 Å². The van der Waals surface area contributed by atoms with Gasteiger partial charge in [0.2, 0.25) is 0 Å². The van der Waals surface area contributed by atoms with Gasteiger partial charge >= 0.3 is 0 Å². The van der Waals surface area contributed by atoms with Crippen molar-refractivity contribution < 1.29 is 4.39 Å². The fraction of sp³-hybridized carbons (Fsp3) is 0.364. The van der Waals surface area contributed by atoms with Crippen LogP contribution in [0.25, 0.3) is 5.52 Å². The van der Waals surface area contributed by atoms with E-state index in [1.165, 1.54) is 6.07 Å². The summed E-state index contributed by atoms with van der Waals surface area (Å²) in [4.78, 5) is 4.36. The van der Waals surface area contributed by atoms with Crippen LogP contribution in [0.1, 0.15) is 24.9 Å². The summed E-state index contributed by atoms with van der Waals surface area (Å²) >= 11 is 0. The maximum atomic E-state index is 13.6. The Kier molecular flexibility index (Phi) is 2.68. The van der Waals surface area contributed by atoms with E-state index in [0.717, 1.165) is 18.7 Å². The van der Waals surface area contributed by atoms with Crippen LogP contribution in [0.5, 0.6) is 0 Å². The zero-order valence-electron chi connectivity index (χ0n) is 8.70. The summed E-state index contributed by atoms with van der Waals surface area (Å²) in [6, 6.07) is 3.12. The number of pyridine rings is 1. The van der Waals surface area contributed by atoms with E-state index in [0.29, 0.717) is 11.2 Å². The first kappa shape index (κ1) is 10.1. The van der Waals surface area contributed by atoms with E-state index in [1.54, 1.807) is 10.5 Å². The Labute approximate surface area is 87.7 Å². The smallest absolute Gasteiger partial charge is 0.149 e. The van der Waals surface area contributed by atoms with Crippen LogP contribution >= 0.6 is 0 Å². The van der Waals surface area contributed by atoms with Gasteiger partial charge in [-0.25, -0.2) is 9.37 Å². The van der Waals surface area contributed by atoms with Crippen LogP contribution in [0.3, 0.4) is 0 Å². The lowest BCUT2D eigenvalue weighted by molar-refractivity contribution is 0.631. The molecule has 0 fully saturated rings. The van der Waals surface area contributed by atoms with Crippen LogP contribution < -0.4 is 5.73 Å². The minimum atomic E-state index is -0.257. The highest BCUT2D eigenvalue weighted by molar-refractivity contribution is 5.54. The molecule has 0 aliphatic heterocycles.